The molecule has 2 aromatic rings. The number of sulfone groups is 1. The van der Waals surface area contributed by atoms with Crippen molar-refractivity contribution in [2.24, 2.45) is 0 Å². The number of aromatic nitrogens is 1. The maximum atomic E-state index is 11.4. The zero-order chi connectivity index (χ0) is 15.7. The smallest absolute Gasteiger partial charge is 0.208 e. The molecule has 0 aliphatic heterocycles. The van der Waals surface area contributed by atoms with Crippen LogP contribution in [0.3, 0.4) is 0 Å². The van der Waals surface area contributed by atoms with Crippen LogP contribution in [-0.4, -0.2) is 25.2 Å². The SMILES string of the molecule is CC(C)(C)NCc1ncc(-c2ccc(S(C)(=O)=O)cc2)o1. The fourth-order valence-corrected chi connectivity index (χ4v) is 2.36. The van der Waals surface area contributed by atoms with Crippen LogP contribution in [0.1, 0.15) is 26.7 Å². The second-order valence-electron chi connectivity index (χ2n) is 6.02. The maximum Gasteiger partial charge on any atom is 0.208 e. The normalized spacial score (nSPS) is 12.6. The third-order valence-corrected chi connectivity index (χ3v) is 4.02. The lowest BCUT2D eigenvalue weighted by molar-refractivity contribution is 0.383. The molecular weight excluding hydrogens is 288 g/mol. The van der Waals surface area contributed by atoms with E-state index in [2.05, 4.69) is 31.1 Å². The van der Waals surface area contributed by atoms with Crippen LogP contribution in [0.5, 0.6) is 0 Å². The van der Waals surface area contributed by atoms with Crippen LogP contribution in [0.15, 0.2) is 39.8 Å². The number of rotatable bonds is 4. The van der Waals surface area contributed by atoms with Gasteiger partial charge in [0.25, 0.3) is 0 Å². The molecule has 5 nitrogen and oxygen atoms in total. The van der Waals surface area contributed by atoms with Crippen LogP contribution in [0, 0.1) is 0 Å². The van der Waals surface area contributed by atoms with Gasteiger partial charge in [-0.25, -0.2) is 13.4 Å². The number of oxazole rings is 1. The minimum atomic E-state index is -3.18. The summed E-state index contributed by atoms with van der Waals surface area (Å²) < 4.78 is 28.5. The molecule has 0 spiro atoms. The summed E-state index contributed by atoms with van der Waals surface area (Å²) in [5.74, 6) is 1.23. The van der Waals surface area contributed by atoms with Gasteiger partial charge in [0.15, 0.2) is 15.6 Å². The Morgan fingerprint density at radius 2 is 1.81 bits per heavy atom. The summed E-state index contributed by atoms with van der Waals surface area (Å²) in [5.41, 5.74) is 0.795. The van der Waals surface area contributed by atoms with Crippen molar-refractivity contribution in [2.75, 3.05) is 6.26 Å². The van der Waals surface area contributed by atoms with E-state index in [0.29, 0.717) is 23.1 Å². The first-order valence-electron chi connectivity index (χ1n) is 6.65. The largest absolute Gasteiger partial charge is 0.439 e. The van der Waals surface area contributed by atoms with Gasteiger partial charge in [0.05, 0.1) is 17.6 Å². The van der Waals surface area contributed by atoms with E-state index in [1.807, 2.05) is 0 Å². The van der Waals surface area contributed by atoms with Crippen molar-refractivity contribution < 1.29 is 12.8 Å². The van der Waals surface area contributed by atoms with Gasteiger partial charge in [-0.2, -0.15) is 0 Å². The summed E-state index contributed by atoms with van der Waals surface area (Å²) in [6.45, 7) is 6.76. The summed E-state index contributed by atoms with van der Waals surface area (Å²) in [7, 11) is -3.18. The van der Waals surface area contributed by atoms with Crippen LogP contribution in [-0.2, 0) is 16.4 Å². The maximum absolute atomic E-state index is 11.4. The summed E-state index contributed by atoms with van der Waals surface area (Å²) in [6, 6.07) is 6.58. The Morgan fingerprint density at radius 3 is 2.33 bits per heavy atom. The number of nitrogens with zero attached hydrogens (tertiary/aromatic N) is 1. The lowest BCUT2D eigenvalue weighted by atomic mass is 10.1. The molecule has 0 saturated heterocycles. The molecule has 0 amide bonds. The minimum absolute atomic E-state index is 0.00817. The van der Waals surface area contributed by atoms with Gasteiger partial charge in [0.1, 0.15) is 0 Å². The van der Waals surface area contributed by atoms with E-state index in [9.17, 15) is 8.42 Å². The Bertz CT molecular complexity index is 710. The van der Waals surface area contributed by atoms with Gasteiger partial charge in [0, 0.05) is 17.4 Å². The van der Waals surface area contributed by atoms with Crippen LogP contribution in [0.25, 0.3) is 11.3 Å². The predicted molar refractivity (Wildman–Crippen MR) is 81.6 cm³/mol. The number of nitrogens with one attached hydrogen (secondary N) is 1. The van der Waals surface area contributed by atoms with Crippen molar-refractivity contribution in [1.29, 1.82) is 0 Å². The van der Waals surface area contributed by atoms with Crippen molar-refractivity contribution in [3.8, 4) is 11.3 Å². The third-order valence-electron chi connectivity index (χ3n) is 2.89. The molecule has 1 aromatic heterocycles. The fraction of sp³-hybridized carbons (Fsp3) is 0.400. The molecule has 0 aliphatic carbocycles. The number of hydrogen-bond acceptors (Lipinski definition) is 5. The summed E-state index contributed by atoms with van der Waals surface area (Å²) in [6.07, 6.45) is 2.84. The third kappa shape index (κ3) is 4.41. The second-order valence-corrected chi connectivity index (χ2v) is 8.03. The van der Waals surface area contributed by atoms with Crippen LogP contribution < -0.4 is 5.32 Å². The molecule has 21 heavy (non-hydrogen) atoms. The first kappa shape index (κ1) is 15.7. The highest BCUT2D eigenvalue weighted by Gasteiger charge is 2.12. The Labute approximate surface area is 125 Å². The molecule has 0 atom stereocenters. The van der Waals surface area contributed by atoms with Crippen molar-refractivity contribution >= 4 is 9.84 Å². The quantitative estimate of drug-likeness (QED) is 0.940. The lowest BCUT2D eigenvalue weighted by Crippen LogP contribution is -2.35. The van der Waals surface area contributed by atoms with E-state index in [1.54, 1.807) is 30.5 Å². The molecule has 0 radical (unpaired) electrons. The van der Waals surface area contributed by atoms with Gasteiger partial charge in [-0.1, -0.05) is 0 Å². The van der Waals surface area contributed by atoms with Crippen molar-refractivity contribution in [3.63, 3.8) is 0 Å². The highest BCUT2D eigenvalue weighted by atomic mass is 32.2. The van der Waals surface area contributed by atoms with E-state index in [0.717, 1.165) is 5.56 Å². The van der Waals surface area contributed by atoms with E-state index in [1.165, 1.54) is 6.26 Å². The van der Waals surface area contributed by atoms with Gasteiger partial charge in [-0.15, -0.1) is 0 Å². The molecule has 6 heteroatoms. The second kappa shape index (κ2) is 5.61. The predicted octanol–water partition coefficient (Wildman–Crippen LogP) is 2.63. The van der Waals surface area contributed by atoms with Crippen molar-refractivity contribution in [1.82, 2.24) is 10.3 Å². The molecule has 1 aromatic carbocycles. The van der Waals surface area contributed by atoms with E-state index in [4.69, 9.17) is 4.42 Å². The highest BCUT2D eigenvalue weighted by molar-refractivity contribution is 7.90. The van der Waals surface area contributed by atoms with Gasteiger partial charge in [0.2, 0.25) is 5.89 Å². The average molecular weight is 308 g/mol. The van der Waals surface area contributed by atoms with E-state index < -0.39 is 9.84 Å². The lowest BCUT2D eigenvalue weighted by Gasteiger charge is -2.18. The van der Waals surface area contributed by atoms with Gasteiger partial charge >= 0.3 is 0 Å². The number of hydrogen-bond donors (Lipinski definition) is 1. The molecule has 114 valence electrons. The molecule has 1 heterocycles. The average Bonchev–Trinajstić information content (AvgIpc) is 2.83. The highest BCUT2D eigenvalue weighted by Crippen LogP contribution is 2.22. The number of benzene rings is 1. The van der Waals surface area contributed by atoms with Crippen molar-refractivity contribution in [2.45, 2.75) is 37.8 Å². The topological polar surface area (TPSA) is 72.2 Å². The van der Waals surface area contributed by atoms with Gasteiger partial charge in [-0.3, -0.25) is 0 Å². The minimum Gasteiger partial charge on any atom is -0.439 e. The van der Waals surface area contributed by atoms with Gasteiger partial charge in [-0.05, 0) is 45.0 Å². The molecule has 2 rings (SSSR count). The van der Waals surface area contributed by atoms with Crippen molar-refractivity contribution in [3.05, 3.63) is 36.4 Å². The molecule has 0 unspecified atom stereocenters. The standard InChI is InChI=1S/C15H20N2O3S/c1-15(2,3)17-10-14-16-9-13(20-14)11-5-7-12(8-6-11)21(4,18)19/h5-9,17H,10H2,1-4H3. The first-order valence-corrected chi connectivity index (χ1v) is 8.54. The zero-order valence-electron chi connectivity index (χ0n) is 12.7. The molecule has 0 bridgehead atoms. The Balaban J connectivity index is 2.14. The molecule has 0 saturated carbocycles. The first-order chi connectivity index (χ1) is 9.65. The molecule has 0 aliphatic rings. The summed E-state index contributed by atoms with van der Waals surface area (Å²) >= 11 is 0. The van der Waals surface area contributed by atoms with Crippen LogP contribution in [0.4, 0.5) is 0 Å². The van der Waals surface area contributed by atoms with E-state index >= 15 is 0 Å². The Hall–Kier alpha value is -1.66. The molecule has 1 N–H and O–H groups in total. The Kier molecular flexibility index (Phi) is 4.20. The van der Waals surface area contributed by atoms with Crippen LogP contribution >= 0.6 is 0 Å². The zero-order valence-corrected chi connectivity index (χ0v) is 13.5. The van der Waals surface area contributed by atoms with Gasteiger partial charge < -0.3 is 9.73 Å². The molecular formula is C15H20N2O3S. The van der Waals surface area contributed by atoms with Crippen LogP contribution in [0.2, 0.25) is 0 Å². The fourth-order valence-electron chi connectivity index (χ4n) is 1.73. The Morgan fingerprint density at radius 1 is 1.19 bits per heavy atom. The molecule has 0 fully saturated rings. The summed E-state index contributed by atoms with van der Waals surface area (Å²) in [5, 5.41) is 3.30. The van der Waals surface area contributed by atoms with E-state index in [-0.39, 0.29) is 5.54 Å². The summed E-state index contributed by atoms with van der Waals surface area (Å²) in [4.78, 5) is 4.51. The monoisotopic (exact) mass is 308 g/mol.